The SMILES string of the molecule is Cc1c[nH]c(=O)n1-c1ccc(-c2noc(-c3ccc4c(c3)NC(=O)C(C)N4C)n2)cc1. The number of rotatable bonds is 3. The molecule has 0 spiro atoms. The molecule has 0 radical (unpaired) electrons. The van der Waals surface area contributed by atoms with Crippen LogP contribution < -0.4 is 15.9 Å². The van der Waals surface area contributed by atoms with Crippen LogP contribution in [0.3, 0.4) is 0 Å². The van der Waals surface area contributed by atoms with E-state index in [1.807, 2.05) is 68.3 Å². The van der Waals surface area contributed by atoms with Crippen LogP contribution in [0.4, 0.5) is 11.4 Å². The Hall–Kier alpha value is -4.14. The Bertz CT molecular complexity index is 1350. The highest BCUT2D eigenvalue weighted by Crippen LogP contribution is 2.35. The molecule has 0 bridgehead atoms. The molecule has 2 aromatic carbocycles. The van der Waals surface area contributed by atoms with Crippen LogP contribution in [0.1, 0.15) is 12.6 Å². The van der Waals surface area contributed by atoms with E-state index in [-0.39, 0.29) is 17.6 Å². The van der Waals surface area contributed by atoms with Gasteiger partial charge in [0.1, 0.15) is 6.04 Å². The van der Waals surface area contributed by atoms with Gasteiger partial charge in [-0.05, 0) is 56.3 Å². The van der Waals surface area contributed by atoms with Gasteiger partial charge in [-0.25, -0.2) is 4.79 Å². The number of likely N-dealkylation sites (N-methyl/N-ethyl adjacent to an activating group) is 1. The number of hydrogen-bond donors (Lipinski definition) is 2. The number of hydrogen-bond acceptors (Lipinski definition) is 6. The Balaban J connectivity index is 1.44. The number of nitrogens with zero attached hydrogens (tertiary/aromatic N) is 4. The summed E-state index contributed by atoms with van der Waals surface area (Å²) in [4.78, 5) is 33.2. The van der Waals surface area contributed by atoms with Gasteiger partial charge in [0, 0.05) is 30.1 Å². The van der Waals surface area contributed by atoms with Gasteiger partial charge in [-0.1, -0.05) is 5.16 Å². The fraction of sp³-hybridized carbons (Fsp3) is 0.182. The molecule has 0 aliphatic carbocycles. The Morgan fingerprint density at radius 3 is 2.52 bits per heavy atom. The number of anilines is 2. The van der Waals surface area contributed by atoms with Crippen LogP contribution in [0.2, 0.25) is 0 Å². The number of H-pyrrole nitrogens is 1. The second kappa shape index (κ2) is 6.98. The summed E-state index contributed by atoms with van der Waals surface area (Å²) in [5.74, 6) is 0.734. The summed E-state index contributed by atoms with van der Waals surface area (Å²) in [7, 11) is 1.89. The first-order chi connectivity index (χ1) is 14.9. The number of aryl methyl sites for hydroxylation is 1. The summed E-state index contributed by atoms with van der Waals surface area (Å²) < 4.78 is 7.05. The lowest BCUT2D eigenvalue weighted by atomic mass is 10.1. The Morgan fingerprint density at radius 1 is 1.06 bits per heavy atom. The fourth-order valence-corrected chi connectivity index (χ4v) is 3.69. The van der Waals surface area contributed by atoms with Crippen LogP contribution in [0.5, 0.6) is 0 Å². The monoisotopic (exact) mass is 416 g/mol. The number of aromatic nitrogens is 4. The first kappa shape index (κ1) is 18.9. The lowest BCUT2D eigenvalue weighted by molar-refractivity contribution is -0.117. The number of carbonyl (C=O) groups is 1. The number of carbonyl (C=O) groups excluding carboxylic acids is 1. The van der Waals surface area contributed by atoms with Gasteiger partial charge in [-0.3, -0.25) is 9.36 Å². The summed E-state index contributed by atoms with van der Waals surface area (Å²) in [5.41, 5.74) is 4.50. The predicted octanol–water partition coefficient (Wildman–Crippen LogP) is 2.97. The molecule has 1 unspecified atom stereocenters. The second-order valence-corrected chi connectivity index (χ2v) is 7.55. The molecule has 9 nitrogen and oxygen atoms in total. The first-order valence-corrected chi connectivity index (χ1v) is 9.82. The van der Waals surface area contributed by atoms with Gasteiger partial charge >= 0.3 is 5.69 Å². The van der Waals surface area contributed by atoms with Crippen molar-refractivity contribution in [1.29, 1.82) is 0 Å². The number of amides is 1. The molecule has 4 aromatic rings. The van der Waals surface area contributed by atoms with E-state index < -0.39 is 0 Å². The molecule has 0 saturated carbocycles. The minimum Gasteiger partial charge on any atom is -0.361 e. The minimum atomic E-state index is -0.234. The third-order valence-electron chi connectivity index (χ3n) is 5.61. The molecule has 5 rings (SSSR count). The van der Waals surface area contributed by atoms with Crippen molar-refractivity contribution < 1.29 is 9.32 Å². The molecule has 1 aliphatic heterocycles. The van der Waals surface area contributed by atoms with Crippen molar-refractivity contribution in [3.8, 4) is 28.5 Å². The molecular weight excluding hydrogens is 396 g/mol. The van der Waals surface area contributed by atoms with Crippen molar-refractivity contribution >= 4 is 17.3 Å². The Kier molecular flexibility index (Phi) is 4.25. The van der Waals surface area contributed by atoms with Crippen molar-refractivity contribution in [1.82, 2.24) is 19.7 Å². The van der Waals surface area contributed by atoms with E-state index in [4.69, 9.17) is 4.52 Å². The summed E-state index contributed by atoms with van der Waals surface area (Å²) in [6.07, 6.45) is 1.67. The third kappa shape index (κ3) is 3.10. The van der Waals surface area contributed by atoms with E-state index in [0.29, 0.717) is 23.0 Å². The molecule has 1 aliphatic rings. The smallest absolute Gasteiger partial charge is 0.330 e. The van der Waals surface area contributed by atoms with Crippen LogP contribution in [-0.2, 0) is 4.79 Å². The van der Waals surface area contributed by atoms with Crippen LogP contribution in [0.15, 0.2) is 58.0 Å². The second-order valence-electron chi connectivity index (χ2n) is 7.55. The molecule has 31 heavy (non-hydrogen) atoms. The molecular formula is C22H20N6O3. The molecule has 2 N–H and O–H groups in total. The van der Waals surface area contributed by atoms with Crippen LogP contribution in [-0.4, -0.2) is 38.7 Å². The molecule has 156 valence electrons. The zero-order valence-corrected chi connectivity index (χ0v) is 17.2. The first-order valence-electron chi connectivity index (χ1n) is 9.82. The fourth-order valence-electron chi connectivity index (χ4n) is 3.69. The van der Waals surface area contributed by atoms with Crippen LogP contribution in [0.25, 0.3) is 28.5 Å². The Morgan fingerprint density at radius 2 is 1.81 bits per heavy atom. The van der Waals surface area contributed by atoms with Crippen molar-refractivity contribution in [2.45, 2.75) is 19.9 Å². The van der Waals surface area contributed by atoms with Gasteiger partial charge < -0.3 is 19.7 Å². The van der Waals surface area contributed by atoms with E-state index in [1.54, 1.807) is 10.8 Å². The highest BCUT2D eigenvalue weighted by atomic mass is 16.5. The average Bonchev–Trinajstić information content (AvgIpc) is 3.39. The quantitative estimate of drug-likeness (QED) is 0.531. The van der Waals surface area contributed by atoms with Crippen molar-refractivity contribution in [2.24, 2.45) is 0 Å². The predicted molar refractivity (Wildman–Crippen MR) is 116 cm³/mol. The average molecular weight is 416 g/mol. The lowest BCUT2D eigenvalue weighted by Crippen LogP contribution is -2.43. The maximum Gasteiger partial charge on any atom is 0.330 e. The Labute approximate surface area is 177 Å². The van der Waals surface area contributed by atoms with Gasteiger partial charge in [-0.2, -0.15) is 4.98 Å². The van der Waals surface area contributed by atoms with E-state index in [1.165, 1.54) is 0 Å². The van der Waals surface area contributed by atoms with Crippen LogP contribution >= 0.6 is 0 Å². The van der Waals surface area contributed by atoms with E-state index in [2.05, 4.69) is 20.4 Å². The van der Waals surface area contributed by atoms with E-state index in [0.717, 1.165) is 22.6 Å². The molecule has 0 fully saturated rings. The van der Waals surface area contributed by atoms with E-state index >= 15 is 0 Å². The summed E-state index contributed by atoms with van der Waals surface area (Å²) >= 11 is 0. The van der Waals surface area contributed by atoms with Crippen molar-refractivity contribution in [2.75, 3.05) is 17.3 Å². The maximum atomic E-state index is 12.1. The normalized spacial score (nSPS) is 15.6. The summed E-state index contributed by atoms with van der Waals surface area (Å²) in [5, 5.41) is 7.00. The van der Waals surface area contributed by atoms with Gasteiger partial charge in [0.25, 0.3) is 5.89 Å². The number of benzene rings is 2. The number of aromatic amines is 1. The number of nitrogens with one attached hydrogen (secondary N) is 2. The molecule has 1 atom stereocenters. The van der Waals surface area contributed by atoms with Gasteiger partial charge in [-0.15, -0.1) is 0 Å². The zero-order valence-electron chi connectivity index (χ0n) is 17.2. The summed E-state index contributed by atoms with van der Waals surface area (Å²) in [6, 6.07) is 12.8. The summed E-state index contributed by atoms with van der Waals surface area (Å²) in [6.45, 7) is 3.71. The molecule has 1 amide bonds. The standard InChI is InChI=1S/C22H20N6O3/c1-12-11-23-22(30)28(12)16-7-4-14(5-8-16)19-25-21(31-26-19)15-6-9-18-17(10-15)24-20(29)13(2)27(18)3/h4-11,13H,1-3H3,(H,23,30)(H,24,29). The lowest BCUT2D eigenvalue weighted by Gasteiger charge is -2.33. The number of fused-ring (bicyclic) bond motifs is 1. The largest absolute Gasteiger partial charge is 0.361 e. The van der Waals surface area contributed by atoms with E-state index in [9.17, 15) is 9.59 Å². The highest BCUT2D eigenvalue weighted by Gasteiger charge is 2.27. The van der Waals surface area contributed by atoms with Crippen molar-refractivity contribution in [3.05, 3.63) is 64.8 Å². The highest BCUT2D eigenvalue weighted by molar-refractivity contribution is 6.03. The van der Waals surface area contributed by atoms with Gasteiger partial charge in [0.15, 0.2) is 0 Å². The van der Waals surface area contributed by atoms with Crippen molar-refractivity contribution in [3.63, 3.8) is 0 Å². The van der Waals surface area contributed by atoms with Gasteiger partial charge in [0.05, 0.1) is 17.1 Å². The topological polar surface area (TPSA) is 109 Å². The van der Waals surface area contributed by atoms with Gasteiger partial charge in [0.2, 0.25) is 11.7 Å². The third-order valence-corrected chi connectivity index (χ3v) is 5.61. The molecule has 2 aromatic heterocycles. The molecule has 9 heteroatoms. The molecule has 0 saturated heterocycles. The number of imidazole rings is 1. The molecule has 3 heterocycles. The maximum absolute atomic E-state index is 12.1. The zero-order chi connectivity index (χ0) is 21.7. The van der Waals surface area contributed by atoms with Crippen LogP contribution in [0, 0.1) is 6.92 Å². The minimum absolute atomic E-state index is 0.0600.